The maximum Gasteiger partial charge on any atom is 0.462 e. The van der Waals surface area contributed by atoms with E-state index >= 15 is 4.39 Å². The van der Waals surface area contributed by atoms with E-state index in [2.05, 4.69) is 114 Å². The molecular weight excluding hydrogens is 960 g/mol. The zero-order chi connectivity index (χ0) is 48.1. The molecule has 1 unspecified atom stereocenters. The van der Waals surface area contributed by atoms with Crippen molar-refractivity contribution >= 4 is 89.5 Å². The molecule has 2 aromatic rings. The van der Waals surface area contributed by atoms with Crippen LogP contribution in [0.25, 0.3) is 0 Å². The molecule has 2 rings (SSSR count). The minimum absolute atomic E-state index is 0.0458. The summed E-state index contributed by atoms with van der Waals surface area (Å²) in [5, 5.41) is 2.30. The molecule has 2 aromatic carbocycles. The van der Waals surface area contributed by atoms with Crippen molar-refractivity contribution < 1.29 is 57.8 Å². The highest BCUT2D eigenvalue weighted by Gasteiger charge is 2.80. The van der Waals surface area contributed by atoms with Crippen molar-refractivity contribution in [3.8, 4) is 0 Å². The standard InChI is InChI=1S/C40H70F11NO2Si8/c1-52(35(53)36(41,38(44,45)46)54-40(50,51)37(42,43)39(47,48)49)32-18-17-21-34(26-32)60(12,13)23-22-59(10,11)31-61(27-55(2)3,28-56(4)5)24-25-62(29-57(6)7,30-58(8)9)33-19-15-14-16-20-33/h14-21,26,55-58H,22-25,27-31H2,1-13H3. The lowest BCUT2D eigenvalue weighted by Crippen LogP contribution is -2.63. The Kier molecular flexibility index (Phi) is 19.5. The average molecular weight is 1030 g/mol. The van der Waals surface area contributed by atoms with Crippen LogP contribution in [0.5, 0.6) is 0 Å². The van der Waals surface area contributed by atoms with E-state index in [0.717, 1.165) is 18.2 Å². The molecule has 1 atom stereocenters. The molecule has 0 saturated heterocycles. The molecule has 3 nitrogen and oxygen atoms in total. The number of carbonyl (C=O) groups is 1. The molecule has 0 spiro atoms. The molecule has 0 aliphatic carbocycles. The second-order valence-electron chi connectivity index (χ2n) is 21.0. The number of amides is 1. The van der Waals surface area contributed by atoms with Crippen LogP contribution in [0.15, 0.2) is 54.6 Å². The number of nitrogens with zero attached hydrogens (tertiary/aromatic N) is 1. The summed E-state index contributed by atoms with van der Waals surface area (Å²) < 4.78 is 153. The summed E-state index contributed by atoms with van der Waals surface area (Å²) in [6, 6.07) is 21.5. The predicted molar refractivity (Wildman–Crippen MR) is 258 cm³/mol. The van der Waals surface area contributed by atoms with E-state index in [4.69, 9.17) is 0 Å². The second kappa shape index (κ2) is 21.2. The third-order valence-corrected chi connectivity index (χ3v) is 55.2. The van der Waals surface area contributed by atoms with Crippen LogP contribution < -0.4 is 15.3 Å². The second-order valence-corrected chi connectivity index (χ2v) is 56.9. The maximum atomic E-state index is 15.3. The number of hydrogen-bond acceptors (Lipinski definition) is 2. The largest absolute Gasteiger partial charge is 0.462 e. The van der Waals surface area contributed by atoms with E-state index in [0.29, 0.717) is 12.2 Å². The molecule has 356 valence electrons. The van der Waals surface area contributed by atoms with Crippen molar-refractivity contribution in [2.24, 2.45) is 0 Å². The van der Waals surface area contributed by atoms with Gasteiger partial charge >= 0.3 is 36.1 Å². The van der Waals surface area contributed by atoms with Gasteiger partial charge in [-0.15, -0.1) is 0 Å². The average Bonchev–Trinajstić information content (AvgIpc) is 3.10. The molecule has 0 saturated carbocycles. The number of carbonyl (C=O) groups excluding carboxylic acids is 1. The Hall–Kier alpha value is -1.16. The van der Waals surface area contributed by atoms with E-state index in [1.54, 1.807) is 11.3 Å². The lowest BCUT2D eigenvalue weighted by Gasteiger charge is -2.44. The molecule has 0 aliphatic heterocycles. The Morgan fingerprint density at radius 3 is 1.50 bits per heavy atom. The third kappa shape index (κ3) is 14.7. The molecule has 0 aliphatic rings. The van der Waals surface area contributed by atoms with Crippen LogP contribution in [-0.2, 0) is 9.53 Å². The van der Waals surface area contributed by atoms with Crippen LogP contribution in [0.3, 0.4) is 0 Å². The lowest BCUT2D eigenvalue weighted by molar-refractivity contribution is -0.472. The van der Waals surface area contributed by atoms with E-state index < -0.39 is 109 Å². The van der Waals surface area contributed by atoms with Gasteiger partial charge in [0.05, 0.1) is 16.1 Å². The normalized spacial score (nSPS) is 15.2. The third-order valence-electron chi connectivity index (χ3n) is 12.0. The number of ether oxygens (including phenoxy) is 1. The molecule has 0 radical (unpaired) electrons. The number of rotatable bonds is 23. The highest BCUT2D eigenvalue weighted by molar-refractivity contribution is 7.07. The number of benzene rings is 2. The van der Waals surface area contributed by atoms with Gasteiger partial charge in [0.2, 0.25) is 0 Å². The summed E-state index contributed by atoms with van der Waals surface area (Å²) in [5.41, 5.74) is 6.63. The molecule has 0 aromatic heterocycles. The number of halogens is 11. The van der Waals surface area contributed by atoms with E-state index in [1.807, 2.05) is 0 Å². The highest BCUT2D eigenvalue weighted by Crippen LogP contribution is 2.51. The molecular formula is C40H70F11NO2Si8. The smallest absolute Gasteiger partial charge is 0.310 e. The summed E-state index contributed by atoms with van der Waals surface area (Å²) in [5.74, 6) is -16.5. The Labute approximate surface area is 373 Å². The highest BCUT2D eigenvalue weighted by atomic mass is 28.4. The van der Waals surface area contributed by atoms with Crippen LogP contribution in [-0.4, -0.2) is 111 Å². The van der Waals surface area contributed by atoms with Gasteiger partial charge in [0.15, 0.2) is 0 Å². The van der Waals surface area contributed by atoms with Crippen LogP contribution in [0.1, 0.15) is 0 Å². The maximum absolute atomic E-state index is 15.3. The summed E-state index contributed by atoms with van der Waals surface area (Å²) >= 11 is 0. The lowest BCUT2D eigenvalue weighted by atomic mass is 10.2. The van der Waals surface area contributed by atoms with Gasteiger partial charge in [-0.3, -0.25) is 9.53 Å². The zero-order valence-corrected chi connectivity index (χ0v) is 47.4. The molecule has 1 amide bonds. The van der Waals surface area contributed by atoms with Gasteiger partial charge in [0.1, 0.15) is 0 Å². The minimum atomic E-state index is -7.26. The quantitative estimate of drug-likeness (QED) is 0.0820. The first-order chi connectivity index (χ1) is 27.9. The fourth-order valence-corrected chi connectivity index (χ4v) is 70.7. The van der Waals surface area contributed by atoms with Gasteiger partial charge in [0.25, 0.3) is 0 Å². The molecule has 0 bridgehead atoms. The van der Waals surface area contributed by atoms with Crippen molar-refractivity contribution in [1.29, 1.82) is 0 Å². The fourth-order valence-electron chi connectivity index (χ4n) is 9.77. The van der Waals surface area contributed by atoms with E-state index in [9.17, 15) is 48.7 Å². The number of likely N-dealkylation sites (N-methyl/N-ethyl adjacent to an activating group) is 1. The first-order valence-corrected chi connectivity index (χ1v) is 46.2. The Morgan fingerprint density at radius 2 is 1.06 bits per heavy atom. The van der Waals surface area contributed by atoms with Gasteiger partial charge in [-0.05, 0) is 12.1 Å². The van der Waals surface area contributed by atoms with Crippen molar-refractivity contribution in [1.82, 2.24) is 0 Å². The van der Waals surface area contributed by atoms with Gasteiger partial charge < -0.3 is 4.90 Å². The zero-order valence-electron chi connectivity index (χ0n) is 38.8. The van der Waals surface area contributed by atoms with Crippen LogP contribution >= 0.6 is 0 Å². The fraction of sp³-hybridized carbons (Fsp3) is 0.675. The molecule has 0 N–H and O–H groups in total. The number of anilines is 1. The van der Waals surface area contributed by atoms with E-state index in [-0.39, 0.29) is 4.90 Å². The summed E-state index contributed by atoms with van der Waals surface area (Å²) in [6.07, 6.45) is -21.0. The SMILES string of the molecule is CN(C(=O)C(F)(OC(F)(F)C(F)(F)C(F)(F)F)C(F)(F)F)c1cccc([Si](C)(C)CC[Si](C)(C)C[Si](CC[Si](C[SiH](C)C)(C[SiH](C)C)c2ccccc2)(C[SiH](C)C)C[SiH](C)C)c1. The minimum Gasteiger partial charge on any atom is -0.310 e. The Balaban J connectivity index is 2.51. The summed E-state index contributed by atoms with van der Waals surface area (Å²) in [6.45, 7) is 29.1. The monoisotopic (exact) mass is 1030 g/mol. The summed E-state index contributed by atoms with van der Waals surface area (Å²) in [4.78, 5) is 12.9. The van der Waals surface area contributed by atoms with Crippen LogP contribution in [0.4, 0.5) is 54.0 Å². The number of hydrogen-bond donors (Lipinski definition) is 0. The molecule has 62 heavy (non-hydrogen) atoms. The van der Waals surface area contributed by atoms with Crippen LogP contribution in [0, 0.1) is 0 Å². The van der Waals surface area contributed by atoms with Crippen molar-refractivity contribution in [3.63, 3.8) is 0 Å². The Morgan fingerprint density at radius 1 is 0.597 bits per heavy atom. The van der Waals surface area contributed by atoms with Gasteiger partial charge in [-0.1, -0.05) is 184 Å². The summed E-state index contributed by atoms with van der Waals surface area (Å²) in [7, 11) is -11.0. The Bertz CT molecular complexity index is 1730. The van der Waals surface area contributed by atoms with Crippen molar-refractivity contribution in [2.75, 3.05) is 11.9 Å². The molecule has 0 heterocycles. The van der Waals surface area contributed by atoms with Crippen molar-refractivity contribution in [2.45, 2.75) is 161 Å². The van der Waals surface area contributed by atoms with Gasteiger partial charge in [-0.25, -0.2) is 0 Å². The molecule has 0 fully saturated rings. The first kappa shape index (κ1) is 57.0. The predicted octanol–water partition coefficient (Wildman–Crippen LogP) is 11.8. The van der Waals surface area contributed by atoms with Crippen LogP contribution in [0.2, 0.25) is 131 Å². The van der Waals surface area contributed by atoms with Gasteiger partial charge in [-0.2, -0.15) is 48.3 Å². The van der Waals surface area contributed by atoms with E-state index in [1.165, 1.54) is 52.6 Å². The molecule has 22 heteroatoms. The number of alkyl halides is 11. The van der Waals surface area contributed by atoms with Crippen molar-refractivity contribution in [3.05, 3.63) is 54.6 Å². The van der Waals surface area contributed by atoms with Gasteiger partial charge in [0, 0.05) is 64.1 Å². The topological polar surface area (TPSA) is 29.5 Å². The first-order valence-electron chi connectivity index (χ1n) is 21.6.